The van der Waals surface area contributed by atoms with Crippen molar-refractivity contribution in [3.63, 3.8) is 0 Å². The molecule has 10 aromatic carbocycles. The Labute approximate surface area is 362 Å². The van der Waals surface area contributed by atoms with E-state index in [1.54, 1.807) is 0 Å². The molecule has 0 aliphatic heterocycles. The quantitative estimate of drug-likeness (QED) is 0.141. The number of rotatable bonds is 9. The van der Waals surface area contributed by atoms with Gasteiger partial charge in [-0.2, -0.15) is 0 Å². The third kappa shape index (κ3) is 6.65. The highest BCUT2D eigenvalue weighted by Gasteiger charge is 2.25. The Bertz CT molecular complexity index is 3310. The monoisotopic (exact) mass is 790 g/mol. The first kappa shape index (κ1) is 36.8. The van der Waals surface area contributed by atoms with E-state index in [2.05, 4.69) is 264 Å². The summed E-state index contributed by atoms with van der Waals surface area (Å²) in [6.07, 6.45) is 0. The summed E-state index contributed by atoms with van der Waals surface area (Å²) in [5.74, 6) is 0. The first-order valence-electron chi connectivity index (χ1n) is 21.3. The first-order valence-corrected chi connectivity index (χ1v) is 21.3. The van der Waals surface area contributed by atoms with Crippen LogP contribution in [0.3, 0.4) is 0 Å². The molecule has 0 unspecified atom stereocenters. The fourth-order valence-electron chi connectivity index (χ4n) is 9.16. The molecule has 0 amide bonds. The lowest BCUT2D eigenvalue weighted by Crippen LogP contribution is -2.12. The van der Waals surface area contributed by atoms with Gasteiger partial charge in [0.2, 0.25) is 0 Å². The maximum Gasteiger partial charge on any atom is 0.0562 e. The molecule has 0 atom stereocenters. The SMILES string of the molecule is c1ccc(-c2ccc(-c3ccc(N(c4ccccc4)c4cccc5c4c4ccccc4n5-c4ccccc4-c4ccccc4)c(-c4ccccc4-c4ccccc4)c3)cc2)cc1. The maximum absolute atomic E-state index is 2.47. The number of aromatic nitrogens is 1. The highest BCUT2D eigenvalue weighted by Crippen LogP contribution is 2.49. The van der Waals surface area contributed by atoms with Crippen molar-refractivity contribution in [2.45, 2.75) is 0 Å². The highest BCUT2D eigenvalue weighted by atomic mass is 15.2. The van der Waals surface area contributed by atoms with Crippen molar-refractivity contribution >= 4 is 38.9 Å². The van der Waals surface area contributed by atoms with Crippen LogP contribution in [0.25, 0.3) is 83.1 Å². The van der Waals surface area contributed by atoms with E-state index in [9.17, 15) is 0 Å². The van der Waals surface area contributed by atoms with E-state index in [-0.39, 0.29) is 0 Å². The molecule has 0 N–H and O–H groups in total. The summed E-state index contributed by atoms with van der Waals surface area (Å²) in [4.78, 5) is 2.47. The van der Waals surface area contributed by atoms with Crippen molar-refractivity contribution in [1.82, 2.24) is 4.57 Å². The van der Waals surface area contributed by atoms with Gasteiger partial charge < -0.3 is 9.47 Å². The third-order valence-electron chi connectivity index (χ3n) is 12.0. The lowest BCUT2D eigenvalue weighted by Gasteiger charge is -2.29. The predicted octanol–water partition coefficient (Wildman–Crippen LogP) is 16.6. The molecular weight excluding hydrogens is 749 g/mol. The summed E-state index contributed by atoms with van der Waals surface area (Å²) < 4.78 is 2.45. The van der Waals surface area contributed by atoms with Gasteiger partial charge in [0.05, 0.1) is 28.1 Å². The Kier molecular flexibility index (Phi) is 9.57. The predicted molar refractivity (Wildman–Crippen MR) is 263 cm³/mol. The van der Waals surface area contributed by atoms with Crippen LogP contribution in [-0.2, 0) is 0 Å². The summed E-state index contributed by atoms with van der Waals surface area (Å²) >= 11 is 0. The number of nitrogens with zero attached hydrogens (tertiary/aromatic N) is 2. The van der Waals surface area contributed by atoms with Gasteiger partial charge >= 0.3 is 0 Å². The lowest BCUT2D eigenvalue weighted by molar-refractivity contribution is 1.18. The molecule has 11 rings (SSSR count). The van der Waals surface area contributed by atoms with Crippen LogP contribution in [-0.4, -0.2) is 4.57 Å². The molecule has 0 aliphatic rings. The zero-order valence-electron chi connectivity index (χ0n) is 34.1. The Morgan fingerprint density at radius 3 is 1.45 bits per heavy atom. The fraction of sp³-hybridized carbons (Fsp3) is 0. The van der Waals surface area contributed by atoms with Crippen LogP contribution in [0.15, 0.2) is 255 Å². The van der Waals surface area contributed by atoms with Gasteiger partial charge in [-0.1, -0.05) is 206 Å². The van der Waals surface area contributed by atoms with Crippen LogP contribution in [0, 0.1) is 0 Å². The van der Waals surface area contributed by atoms with Crippen molar-refractivity contribution in [2.75, 3.05) is 4.90 Å². The van der Waals surface area contributed by atoms with Crippen LogP contribution in [0.5, 0.6) is 0 Å². The van der Waals surface area contributed by atoms with Gasteiger partial charge in [-0.3, -0.25) is 0 Å². The Morgan fingerprint density at radius 1 is 0.274 bits per heavy atom. The van der Waals surface area contributed by atoms with E-state index < -0.39 is 0 Å². The van der Waals surface area contributed by atoms with Gasteiger partial charge in [0.25, 0.3) is 0 Å². The molecular formula is C60H42N2. The number of fused-ring (bicyclic) bond motifs is 3. The zero-order chi connectivity index (χ0) is 41.2. The van der Waals surface area contributed by atoms with Crippen LogP contribution in [0.2, 0.25) is 0 Å². The summed E-state index contributed by atoms with van der Waals surface area (Å²) in [5.41, 5.74) is 18.5. The number of hydrogen-bond acceptors (Lipinski definition) is 1. The molecule has 2 heteroatoms. The maximum atomic E-state index is 2.47. The molecule has 2 nitrogen and oxygen atoms in total. The normalized spacial score (nSPS) is 11.2. The molecule has 1 heterocycles. The van der Waals surface area contributed by atoms with Gasteiger partial charge in [0, 0.05) is 27.6 Å². The van der Waals surface area contributed by atoms with Gasteiger partial charge in [-0.15, -0.1) is 0 Å². The standard InChI is InChI=1S/C60H42N2/c1-5-20-43(21-6-1)44-36-38-45(39-37-44)48-40-41-57(54(42-48)52-30-14-13-28-50(52)46-22-7-2-8-23-46)61(49-26-11-4-12-27-49)58-34-19-35-59-60(58)53-31-16-18-33-56(53)62(59)55-32-17-15-29-51(55)47-24-9-3-10-25-47/h1-42H. The van der Waals surface area contributed by atoms with Crippen molar-refractivity contribution in [3.8, 4) is 61.3 Å². The van der Waals surface area contributed by atoms with Crippen molar-refractivity contribution in [2.24, 2.45) is 0 Å². The second-order valence-corrected chi connectivity index (χ2v) is 15.7. The molecule has 62 heavy (non-hydrogen) atoms. The molecule has 11 aromatic rings. The van der Waals surface area contributed by atoms with E-state index in [1.807, 2.05) is 0 Å². The second kappa shape index (κ2) is 16.1. The van der Waals surface area contributed by atoms with E-state index in [1.165, 1.54) is 55.3 Å². The second-order valence-electron chi connectivity index (χ2n) is 15.7. The van der Waals surface area contributed by atoms with E-state index in [0.29, 0.717) is 0 Å². The largest absolute Gasteiger partial charge is 0.309 e. The smallest absolute Gasteiger partial charge is 0.0562 e. The Balaban J connectivity index is 1.17. The van der Waals surface area contributed by atoms with Gasteiger partial charge in [-0.05, 0) is 93.0 Å². The molecule has 1 aromatic heterocycles. The van der Waals surface area contributed by atoms with Crippen LogP contribution >= 0.6 is 0 Å². The number of para-hydroxylation sites is 3. The lowest BCUT2D eigenvalue weighted by atomic mass is 9.90. The third-order valence-corrected chi connectivity index (χ3v) is 12.0. The molecule has 0 saturated heterocycles. The molecule has 0 saturated carbocycles. The average molecular weight is 791 g/mol. The van der Waals surface area contributed by atoms with Gasteiger partial charge in [-0.25, -0.2) is 0 Å². The zero-order valence-corrected chi connectivity index (χ0v) is 34.1. The Hall–Kier alpha value is -8.20. The summed E-state index contributed by atoms with van der Waals surface area (Å²) in [5, 5.41) is 2.39. The number of benzene rings is 10. The highest BCUT2D eigenvalue weighted by molar-refractivity contribution is 6.17. The molecule has 0 fully saturated rings. The van der Waals surface area contributed by atoms with Crippen molar-refractivity contribution < 1.29 is 0 Å². The topological polar surface area (TPSA) is 8.17 Å². The molecule has 0 bridgehead atoms. The van der Waals surface area contributed by atoms with Crippen LogP contribution in [0.4, 0.5) is 17.1 Å². The van der Waals surface area contributed by atoms with Crippen LogP contribution in [0.1, 0.15) is 0 Å². The molecule has 0 spiro atoms. The number of anilines is 3. The van der Waals surface area contributed by atoms with Gasteiger partial charge in [0.1, 0.15) is 0 Å². The minimum absolute atomic E-state index is 1.08. The fourth-order valence-corrected chi connectivity index (χ4v) is 9.16. The average Bonchev–Trinajstić information content (AvgIpc) is 3.70. The molecule has 0 radical (unpaired) electrons. The number of hydrogen-bond donors (Lipinski definition) is 0. The van der Waals surface area contributed by atoms with E-state index >= 15 is 0 Å². The van der Waals surface area contributed by atoms with Crippen molar-refractivity contribution in [3.05, 3.63) is 255 Å². The van der Waals surface area contributed by atoms with Gasteiger partial charge in [0.15, 0.2) is 0 Å². The summed E-state index contributed by atoms with van der Waals surface area (Å²) in [7, 11) is 0. The van der Waals surface area contributed by atoms with Crippen LogP contribution < -0.4 is 4.90 Å². The van der Waals surface area contributed by atoms with Crippen molar-refractivity contribution in [1.29, 1.82) is 0 Å². The minimum atomic E-state index is 1.08. The summed E-state index contributed by atoms with van der Waals surface area (Å²) in [6, 6.07) is 92.1. The van der Waals surface area contributed by atoms with E-state index in [0.717, 1.165) is 44.9 Å². The van der Waals surface area contributed by atoms with E-state index in [4.69, 9.17) is 0 Å². The minimum Gasteiger partial charge on any atom is -0.309 e. The molecule has 0 aliphatic carbocycles. The molecule has 292 valence electrons. The summed E-state index contributed by atoms with van der Waals surface area (Å²) in [6.45, 7) is 0. The first-order chi connectivity index (χ1) is 30.8. The Morgan fingerprint density at radius 2 is 0.758 bits per heavy atom.